The van der Waals surface area contributed by atoms with Crippen molar-refractivity contribution >= 4 is 5.97 Å². The highest BCUT2D eigenvalue weighted by Crippen LogP contribution is 2.33. The van der Waals surface area contributed by atoms with Gasteiger partial charge >= 0.3 is 5.97 Å². The summed E-state index contributed by atoms with van der Waals surface area (Å²) in [5.41, 5.74) is 2.00. The number of carboxylic acid groups (broad SMARTS) is 1. The Hall–Kier alpha value is -2.40. The first-order chi connectivity index (χ1) is 15.4. The van der Waals surface area contributed by atoms with Crippen molar-refractivity contribution < 1.29 is 19.0 Å². The Morgan fingerprint density at radius 3 is 2.44 bits per heavy atom. The molecule has 1 unspecified atom stereocenters. The van der Waals surface area contributed by atoms with E-state index < -0.39 is 5.97 Å². The van der Waals surface area contributed by atoms with E-state index in [0.717, 1.165) is 36.0 Å². The molecule has 172 valence electrons. The van der Waals surface area contributed by atoms with Crippen molar-refractivity contribution in [1.82, 2.24) is 4.90 Å². The molecule has 0 bridgehead atoms. The Balaban J connectivity index is 1.39. The summed E-state index contributed by atoms with van der Waals surface area (Å²) < 4.78 is 21.5. The molecule has 4 rings (SSSR count). The molecule has 32 heavy (non-hydrogen) atoms. The molecule has 1 saturated carbocycles. The van der Waals surface area contributed by atoms with Crippen LogP contribution in [0.4, 0.5) is 4.39 Å². The maximum Gasteiger partial charge on any atom is 0.307 e. The summed E-state index contributed by atoms with van der Waals surface area (Å²) in [6, 6.07) is 13.2. The van der Waals surface area contributed by atoms with Crippen LogP contribution in [0.25, 0.3) is 11.1 Å². The van der Waals surface area contributed by atoms with Crippen molar-refractivity contribution in [1.29, 1.82) is 0 Å². The number of likely N-dealkylation sites (tertiary alicyclic amines) is 1. The second kappa shape index (κ2) is 10.0. The Labute approximate surface area is 190 Å². The van der Waals surface area contributed by atoms with Gasteiger partial charge in [0.2, 0.25) is 0 Å². The average Bonchev–Trinajstić information content (AvgIpc) is 3.25. The van der Waals surface area contributed by atoms with Gasteiger partial charge in [0.05, 0.1) is 12.0 Å². The minimum Gasteiger partial charge on any atom is -0.490 e. The van der Waals surface area contributed by atoms with Crippen molar-refractivity contribution in [2.75, 3.05) is 13.1 Å². The van der Waals surface area contributed by atoms with Crippen molar-refractivity contribution in [3.8, 4) is 16.9 Å². The lowest BCUT2D eigenvalue weighted by molar-refractivity contribution is -0.141. The molecule has 1 aliphatic heterocycles. The van der Waals surface area contributed by atoms with Gasteiger partial charge in [0.1, 0.15) is 11.6 Å². The number of carbonyl (C=O) groups is 1. The van der Waals surface area contributed by atoms with Gasteiger partial charge in [-0.15, -0.1) is 0 Å². The van der Waals surface area contributed by atoms with E-state index >= 15 is 4.39 Å². The number of ether oxygens (including phenoxy) is 1. The molecule has 1 aliphatic carbocycles. The first-order valence-corrected chi connectivity index (χ1v) is 11.9. The van der Waals surface area contributed by atoms with E-state index in [9.17, 15) is 9.90 Å². The summed E-state index contributed by atoms with van der Waals surface area (Å²) in [4.78, 5) is 13.2. The molecular formula is C27H34FNO3. The van der Waals surface area contributed by atoms with Crippen molar-refractivity contribution in [2.24, 2.45) is 17.8 Å². The Kier molecular flexibility index (Phi) is 7.14. The SMILES string of the molecule is CC(C)[C@H]1CC[C@H](Oc2ccc(-c3cccc(CN4CCC(C(=O)O)C4)c3F)cc2)CC1. The van der Waals surface area contributed by atoms with Crippen molar-refractivity contribution in [3.63, 3.8) is 0 Å². The van der Waals surface area contributed by atoms with Gasteiger partial charge in [-0.2, -0.15) is 0 Å². The highest BCUT2D eigenvalue weighted by atomic mass is 19.1. The van der Waals surface area contributed by atoms with Gasteiger partial charge in [-0.05, 0) is 68.2 Å². The molecule has 0 aromatic heterocycles. The predicted molar refractivity (Wildman–Crippen MR) is 124 cm³/mol. The first kappa shape index (κ1) is 22.8. The monoisotopic (exact) mass is 439 g/mol. The Morgan fingerprint density at radius 1 is 1.09 bits per heavy atom. The van der Waals surface area contributed by atoms with E-state index in [1.165, 1.54) is 12.8 Å². The van der Waals surface area contributed by atoms with Gasteiger partial charge in [0.15, 0.2) is 0 Å². The second-order valence-electron chi connectivity index (χ2n) is 9.76. The molecule has 1 saturated heterocycles. The fraction of sp³-hybridized carbons (Fsp3) is 0.519. The molecule has 5 heteroatoms. The molecule has 0 amide bonds. The van der Waals surface area contributed by atoms with E-state index in [2.05, 4.69) is 13.8 Å². The largest absolute Gasteiger partial charge is 0.490 e. The number of hydrogen-bond donors (Lipinski definition) is 1. The minimum absolute atomic E-state index is 0.230. The standard InChI is InChI=1S/C27H34FNO3/c1-18(2)19-6-10-23(11-7-19)32-24-12-8-20(9-13-24)25-5-3-4-21(26(25)28)16-29-15-14-22(17-29)27(30)31/h3-5,8-9,12-13,18-19,22-23H,6-7,10-11,14-17H2,1-2H3,(H,30,31)/t19-,22?,23-. The second-order valence-corrected chi connectivity index (χ2v) is 9.76. The quantitative estimate of drug-likeness (QED) is 0.575. The molecule has 1 heterocycles. The van der Waals surface area contributed by atoms with Crippen LogP contribution in [-0.4, -0.2) is 35.2 Å². The Morgan fingerprint density at radius 2 is 1.81 bits per heavy atom. The normalized spacial score (nSPS) is 24.1. The van der Waals surface area contributed by atoms with E-state index in [1.54, 1.807) is 12.1 Å². The fourth-order valence-electron chi connectivity index (χ4n) is 5.12. The lowest BCUT2D eigenvalue weighted by atomic mass is 9.80. The molecule has 0 radical (unpaired) electrons. The van der Waals surface area contributed by atoms with E-state index in [0.29, 0.717) is 37.2 Å². The zero-order chi connectivity index (χ0) is 22.7. The number of carboxylic acids is 1. The smallest absolute Gasteiger partial charge is 0.307 e. The number of aliphatic carboxylic acids is 1. The predicted octanol–water partition coefficient (Wildman–Crippen LogP) is 5.99. The molecule has 0 spiro atoms. The molecule has 1 atom stereocenters. The van der Waals surface area contributed by atoms with Crippen LogP contribution in [0, 0.1) is 23.6 Å². The van der Waals surface area contributed by atoms with E-state index in [4.69, 9.17) is 4.74 Å². The molecule has 2 aromatic rings. The third-order valence-electron chi connectivity index (χ3n) is 7.22. The van der Waals surface area contributed by atoms with Gasteiger partial charge in [0.25, 0.3) is 0 Å². The van der Waals surface area contributed by atoms with Crippen LogP contribution in [0.5, 0.6) is 5.75 Å². The van der Waals surface area contributed by atoms with Gasteiger partial charge in [-0.3, -0.25) is 9.69 Å². The third kappa shape index (κ3) is 5.32. The van der Waals surface area contributed by atoms with Crippen LogP contribution < -0.4 is 4.74 Å². The molecular weight excluding hydrogens is 405 g/mol. The molecule has 2 fully saturated rings. The highest BCUT2D eigenvalue weighted by Gasteiger charge is 2.28. The molecule has 4 nitrogen and oxygen atoms in total. The average molecular weight is 440 g/mol. The lowest BCUT2D eigenvalue weighted by Crippen LogP contribution is -2.26. The summed E-state index contributed by atoms with van der Waals surface area (Å²) >= 11 is 0. The molecule has 1 N–H and O–H groups in total. The van der Waals surface area contributed by atoms with Crippen LogP contribution >= 0.6 is 0 Å². The maximum absolute atomic E-state index is 15.3. The topological polar surface area (TPSA) is 49.8 Å². The summed E-state index contributed by atoms with van der Waals surface area (Å²) in [7, 11) is 0. The molecule has 2 aromatic carbocycles. The lowest BCUT2D eigenvalue weighted by Gasteiger charge is -2.31. The van der Waals surface area contributed by atoms with Gasteiger partial charge in [-0.25, -0.2) is 4.39 Å². The van der Waals surface area contributed by atoms with Crippen LogP contribution in [0.15, 0.2) is 42.5 Å². The van der Waals surface area contributed by atoms with Gasteiger partial charge in [-0.1, -0.05) is 44.2 Å². The zero-order valence-electron chi connectivity index (χ0n) is 19.1. The summed E-state index contributed by atoms with van der Waals surface area (Å²) in [5, 5.41) is 9.19. The molecule has 2 aliphatic rings. The highest BCUT2D eigenvalue weighted by molar-refractivity contribution is 5.70. The fourth-order valence-corrected chi connectivity index (χ4v) is 5.12. The van der Waals surface area contributed by atoms with E-state index in [-0.39, 0.29) is 17.8 Å². The third-order valence-corrected chi connectivity index (χ3v) is 7.22. The Bertz CT molecular complexity index is 919. The van der Waals surface area contributed by atoms with Crippen LogP contribution in [-0.2, 0) is 11.3 Å². The summed E-state index contributed by atoms with van der Waals surface area (Å²) in [5.74, 6) is 1.04. The van der Waals surface area contributed by atoms with Gasteiger partial charge in [0, 0.05) is 24.2 Å². The minimum atomic E-state index is -0.767. The van der Waals surface area contributed by atoms with Crippen molar-refractivity contribution in [3.05, 3.63) is 53.8 Å². The maximum atomic E-state index is 15.3. The number of nitrogens with zero attached hydrogens (tertiary/aromatic N) is 1. The van der Waals surface area contributed by atoms with Crippen LogP contribution in [0.2, 0.25) is 0 Å². The first-order valence-electron chi connectivity index (χ1n) is 11.9. The number of hydrogen-bond acceptors (Lipinski definition) is 3. The van der Waals surface area contributed by atoms with E-state index in [1.807, 2.05) is 35.2 Å². The van der Waals surface area contributed by atoms with Crippen LogP contribution in [0.1, 0.15) is 51.5 Å². The summed E-state index contributed by atoms with van der Waals surface area (Å²) in [6.45, 7) is 6.20. The number of benzene rings is 2. The number of halogens is 1. The zero-order valence-corrected chi connectivity index (χ0v) is 19.1. The van der Waals surface area contributed by atoms with Gasteiger partial charge < -0.3 is 9.84 Å². The summed E-state index contributed by atoms with van der Waals surface area (Å²) in [6.07, 6.45) is 5.54. The number of rotatable bonds is 7. The van der Waals surface area contributed by atoms with Crippen LogP contribution in [0.3, 0.4) is 0 Å². The van der Waals surface area contributed by atoms with Crippen molar-refractivity contribution in [2.45, 2.75) is 58.6 Å².